The van der Waals surface area contributed by atoms with Gasteiger partial charge in [0.1, 0.15) is 72.4 Å². The van der Waals surface area contributed by atoms with Gasteiger partial charge >= 0.3 is 47.8 Å². The van der Waals surface area contributed by atoms with Crippen molar-refractivity contribution in [3.63, 3.8) is 0 Å². The summed E-state index contributed by atoms with van der Waals surface area (Å²) < 4.78 is 199. The molecule has 0 amide bonds. The number of aliphatic hydroxyl groups is 3. The number of ketones is 1. The third kappa shape index (κ3) is 42.3. The van der Waals surface area contributed by atoms with Gasteiger partial charge in [0.25, 0.3) is 0 Å². The summed E-state index contributed by atoms with van der Waals surface area (Å²) in [6.07, 6.45) is -7.35. The zero-order valence-electron chi connectivity index (χ0n) is 69.0. The number of carbonyl (C=O) groups excluding carboxylic acids is 1. The number of halogens is 16. The average molecular weight is 1910 g/mol. The number of allylic oxidation sites excluding steroid dienone is 1. The van der Waals surface area contributed by atoms with Crippen molar-refractivity contribution in [2.75, 3.05) is 125 Å². The molecule has 0 atom stereocenters. The molecule has 6 aromatic rings. The molecule has 5 saturated heterocycles. The van der Waals surface area contributed by atoms with Crippen LogP contribution < -0.4 is 40.7 Å². The molecule has 5 aliphatic heterocycles. The minimum absolute atomic E-state index is 0. The Balaban J connectivity index is 0.00000144. The van der Waals surface area contributed by atoms with Gasteiger partial charge in [0.15, 0.2) is 0 Å². The van der Waals surface area contributed by atoms with Crippen LogP contribution in [0, 0.1) is 31.2 Å². The van der Waals surface area contributed by atoms with Gasteiger partial charge in [0, 0.05) is 155 Å². The van der Waals surface area contributed by atoms with E-state index in [1.165, 1.54) is 104 Å². The van der Waals surface area contributed by atoms with E-state index in [-0.39, 0.29) is 147 Å². The van der Waals surface area contributed by atoms with Gasteiger partial charge in [0.2, 0.25) is 0 Å². The first-order chi connectivity index (χ1) is 54.2. The number of Topliss-reactive ketones (excluding diaryl/α,β-unsaturated/α-hetero) is 1. The Morgan fingerprint density at radius 1 is 0.513 bits per heavy atom. The van der Waals surface area contributed by atoms with E-state index >= 15 is 0 Å². The van der Waals surface area contributed by atoms with Crippen LogP contribution in [0.15, 0.2) is 164 Å². The number of alkyl halides is 12. The number of rotatable bonds is 21. The second-order valence-electron chi connectivity index (χ2n) is 28.5. The van der Waals surface area contributed by atoms with Crippen LogP contribution >= 0.6 is 23.2 Å². The molecule has 6 aromatic carbocycles. The van der Waals surface area contributed by atoms with Crippen molar-refractivity contribution in [1.82, 2.24) is 19.6 Å². The van der Waals surface area contributed by atoms with Gasteiger partial charge in [0.05, 0.1) is 33.5 Å². The first-order valence-electron chi connectivity index (χ1n) is 38.4. The fourth-order valence-electron chi connectivity index (χ4n) is 12.4. The van der Waals surface area contributed by atoms with E-state index in [9.17, 15) is 72.1 Å². The molecule has 0 saturated carbocycles. The van der Waals surface area contributed by atoms with Crippen LogP contribution in [0.5, 0.6) is 28.7 Å². The number of piperidine rings is 4. The summed E-state index contributed by atoms with van der Waals surface area (Å²) in [5.41, 5.74) is -3.95. The van der Waals surface area contributed by atoms with Gasteiger partial charge in [-0.3, -0.25) is 31.0 Å². The van der Waals surface area contributed by atoms with Crippen LogP contribution in [0.3, 0.4) is 0 Å². The van der Waals surface area contributed by atoms with Gasteiger partial charge in [-0.25, -0.2) is 4.39 Å². The monoisotopic (exact) mass is 1900 g/mol. The number of hydrogen-bond donors (Lipinski definition) is 3. The topological polar surface area (TPSA) is 146 Å². The number of benzene rings is 6. The third-order valence-corrected chi connectivity index (χ3v) is 20.1. The van der Waals surface area contributed by atoms with Crippen molar-refractivity contribution in [2.24, 2.45) is 11.8 Å². The maximum Gasteiger partial charge on any atom is 2.00 e. The standard InChI is InChI=1S/C23H27ClF3NO2.C17H24F3NO2.C17H22F3NO2.C14H16F3NO2.C6H4ClF.C4H8O.C3H5.C2H6O.CH3.BrH.Mg.Pd/c1-17(2)22(30-19-9-7-18(24)8-10-19)11-13-28(14-12-22)15-16-29-21-6-4-3-5-20(21)23(25,26)27;2*1-13(2)16(22)7-9-21(10-8-16)11-12-23-15-6-4-3-5-14(15)17(18,19)20;15-14(16,17)12-3-1-2-4-13(12)20-10-9-18-7-5-11(19)6-8-18;7-5-1-3-6(8)4-2-5;1-2-4-5-3-1;1-3-2;1-2-3;;;;/h3-10,17H,11-16H2,1-2H3;3-6,13,22H,7-12H2,1-2H3;3-6,22H,1,7-12H2,2H3;1-4H,5-10H2;1-4H;1-4H2;1H2,2H3;3H,2H2,1H3;1H3;1H;;/q;;;;;;-1;;-1;;+2;/p-1. The zero-order chi connectivity index (χ0) is 85.5. The fraction of sp³-hybridized carbons (Fsp3) is 0.517. The predicted molar refractivity (Wildman–Crippen MR) is 436 cm³/mol. The van der Waals surface area contributed by atoms with Crippen LogP contribution in [0.25, 0.3) is 0 Å². The molecule has 0 aliphatic carbocycles. The molecule has 668 valence electrons. The quantitative estimate of drug-likeness (QED) is 0.0272. The number of para-hydroxylation sites is 4. The van der Waals surface area contributed by atoms with E-state index in [0.717, 1.165) is 87.8 Å². The Morgan fingerprint density at radius 3 is 1.05 bits per heavy atom. The van der Waals surface area contributed by atoms with Crippen molar-refractivity contribution in [3.8, 4) is 28.7 Å². The smallest absolute Gasteiger partial charge is 1.00 e. The maximum absolute atomic E-state index is 13.1. The third-order valence-electron chi connectivity index (χ3n) is 19.6. The number of likely N-dealkylation sites (tertiary alicyclic amines) is 4. The number of ether oxygens (including phenoxy) is 6. The van der Waals surface area contributed by atoms with Crippen LogP contribution in [-0.4, -0.2) is 205 Å². The minimum atomic E-state index is -4.42. The molecule has 5 aliphatic rings. The molecule has 32 heteroatoms. The normalized spacial score (nSPS) is 16.4. The molecule has 0 spiro atoms. The Morgan fingerprint density at radius 2 is 0.790 bits per heavy atom. The van der Waals surface area contributed by atoms with E-state index in [2.05, 4.69) is 47.8 Å². The molecule has 0 aromatic heterocycles. The molecule has 5 fully saturated rings. The van der Waals surface area contributed by atoms with Gasteiger partial charge in [-0.15, -0.1) is 0 Å². The van der Waals surface area contributed by atoms with Gasteiger partial charge in [-0.1, -0.05) is 106 Å². The second kappa shape index (κ2) is 57.3. The molecular formula is C87H115BrCl2F13MgN4O10Pd-. The van der Waals surface area contributed by atoms with Gasteiger partial charge in [-0.2, -0.15) is 59.6 Å². The fourth-order valence-corrected chi connectivity index (χ4v) is 12.7. The van der Waals surface area contributed by atoms with Crippen LogP contribution in [0.1, 0.15) is 135 Å². The van der Waals surface area contributed by atoms with Crippen LogP contribution in [0.2, 0.25) is 10.0 Å². The first-order valence-corrected chi connectivity index (χ1v) is 39.1. The Kier molecular flexibility index (Phi) is 54.8. The van der Waals surface area contributed by atoms with Crippen molar-refractivity contribution in [2.45, 2.75) is 154 Å². The molecule has 14 nitrogen and oxygen atoms in total. The summed E-state index contributed by atoms with van der Waals surface area (Å²) in [5, 5.41) is 29.5. The zero-order valence-corrected chi connectivity index (χ0v) is 75.1. The number of hydrogen-bond acceptors (Lipinski definition) is 14. The Labute approximate surface area is 745 Å². The molecule has 0 radical (unpaired) electrons. The summed E-state index contributed by atoms with van der Waals surface area (Å²) in [5.74, 6) is 0.779. The Bertz CT molecular complexity index is 3720. The molecule has 5 heterocycles. The van der Waals surface area contributed by atoms with E-state index in [1.807, 2.05) is 49.9 Å². The van der Waals surface area contributed by atoms with Crippen molar-refractivity contribution < 1.29 is 143 Å². The molecule has 3 N–H and O–H groups in total. The van der Waals surface area contributed by atoms with Crippen molar-refractivity contribution in [3.05, 3.63) is 216 Å². The number of carbonyl (C=O) groups is 1. The van der Waals surface area contributed by atoms with Gasteiger partial charge in [-0.05, 0) is 167 Å². The van der Waals surface area contributed by atoms with E-state index in [4.69, 9.17) is 56.7 Å². The summed E-state index contributed by atoms with van der Waals surface area (Å²) in [6, 6.07) is 34.1. The van der Waals surface area contributed by atoms with E-state index < -0.39 is 58.2 Å². The summed E-state index contributed by atoms with van der Waals surface area (Å²) in [4.78, 5) is 19.5. The van der Waals surface area contributed by atoms with E-state index in [0.29, 0.717) is 107 Å². The largest absolute Gasteiger partial charge is 2.00 e. The van der Waals surface area contributed by atoms with E-state index in [1.54, 1.807) is 19.9 Å². The predicted octanol–water partition coefficient (Wildman–Crippen LogP) is 17.5. The number of aliphatic hydroxyl groups excluding tert-OH is 1. The van der Waals surface area contributed by atoms with Crippen molar-refractivity contribution in [1.29, 1.82) is 0 Å². The molecule has 0 unspecified atom stereocenters. The Hall–Kier alpha value is -5.27. The average Bonchev–Trinajstić information content (AvgIpc) is 0.971. The molecule has 0 bridgehead atoms. The number of nitrogens with zero attached hydrogens (tertiary/aromatic N) is 4. The van der Waals surface area contributed by atoms with Crippen LogP contribution in [0.4, 0.5) is 57.1 Å². The van der Waals surface area contributed by atoms with Crippen LogP contribution in [-0.2, 0) is 54.7 Å². The SMILES string of the molecule is C1CCOC1.C=C(C)C1(O)CCN(CCOc2ccccc2C(F)(F)F)CC1.C=[C-]C.CC(C)C1(O)CCN(CCOc2ccccc2C(F)(F)F)CC1.CC(C)C1(Oc2ccc(Cl)cc2)CCN(CCOc2ccccc2C(F)(F)F)CC1.CCO.Fc1ccc(Cl)cc1.O=C1CCN(CCOc2ccccc2C(F)(F)F)CC1.[Br-].[CH3-].[Mg+2].[Pd]. The van der Waals surface area contributed by atoms with Crippen molar-refractivity contribution >= 4 is 52.0 Å². The van der Waals surface area contributed by atoms with Gasteiger partial charge < -0.3 is 74.2 Å². The summed E-state index contributed by atoms with van der Waals surface area (Å²) in [6.45, 7) is 31.6. The maximum atomic E-state index is 13.1. The second-order valence-corrected chi connectivity index (χ2v) is 29.4. The molecule has 119 heavy (non-hydrogen) atoms. The summed E-state index contributed by atoms with van der Waals surface area (Å²) >= 11 is 11.4. The molecule has 11 rings (SSSR count). The summed E-state index contributed by atoms with van der Waals surface area (Å²) in [7, 11) is 0. The molecular weight excluding hydrogens is 1790 g/mol. The first kappa shape index (κ1) is 114. The minimum Gasteiger partial charge on any atom is -1.00 e.